The van der Waals surface area contributed by atoms with Crippen molar-refractivity contribution < 1.29 is 5.11 Å². The smallest absolute Gasteiger partial charge is 0.160 e. The fourth-order valence-electron chi connectivity index (χ4n) is 3.65. The van der Waals surface area contributed by atoms with Crippen LogP contribution in [-0.2, 0) is 6.42 Å². The van der Waals surface area contributed by atoms with E-state index >= 15 is 0 Å². The molecule has 1 fully saturated rings. The van der Waals surface area contributed by atoms with Crippen LogP contribution in [0, 0.1) is 0 Å². The molecule has 1 aromatic carbocycles. The number of fused-ring (bicyclic) bond motifs is 1. The van der Waals surface area contributed by atoms with E-state index < -0.39 is 0 Å². The molecule has 0 radical (unpaired) electrons. The first-order chi connectivity index (χ1) is 11.3. The number of para-hydroxylation sites is 1. The molecule has 0 saturated heterocycles. The zero-order valence-corrected chi connectivity index (χ0v) is 13.2. The number of phenolic OH excluding ortho intramolecular Hbond substituents is 1. The van der Waals surface area contributed by atoms with Gasteiger partial charge in [0.15, 0.2) is 5.65 Å². The SMILES string of the molecule is Oc1ccccc1Cc1nc2cccnc2n1C1CCCCC1. The Morgan fingerprint density at radius 2 is 1.87 bits per heavy atom. The van der Waals surface area contributed by atoms with Gasteiger partial charge in [0.25, 0.3) is 0 Å². The van der Waals surface area contributed by atoms with E-state index in [1.54, 1.807) is 6.07 Å². The largest absolute Gasteiger partial charge is 0.508 e. The van der Waals surface area contributed by atoms with E-state index in [2.05, 4.69) is 9.55 Å². The zero-order valence-electron chi connectivity index (χ0n) is 13.2. The summed E-state index contributed by atoms with van der Waals surface area (Å²) in [5, 5.41) is 10.1. The first kappa shape index (κ1) is 14.2. The Morgan fingerprint density at radius 3 is 2.70 bits per heavy atom. The molecule has 1 aliphatic carbocycles. The van der Waals surface area contributed by atoms with Crippen LogP contribution in [0.1, 0.15) is 49.5 Å². The summed E-state index contributed by atoms with van der Waals surface area (Å²) in [4.78, 5) is 9.39. The lowest BCUT2D eigenvalue weighted by molar-refractivity contribution is 0.352. The fourth-order valence-corrected chi connectivity index (χ4v) is 3.65. The van der Waals surface area contributed by atoms with Crippen LogP contribution in [0.15, 0.2) is 42.6 Å². The first-order valence-corrected chi connectivity index (χ1v) is 8.41. The van der Waals surface area contributed by atoms with Crippen LogP contribution in [0.5, 0.6) is 5.75 Å². The Kier molecular flexibility index (Phi) is 3.74. The number of phenols is 1. The predicted octanol–water partition coefficient (Wildman–Crippen LogP) is 4.23. The number of aromatic hydroxyl groups is 1. The maximum atomic E-state index is 10.1. The Hall–Kier alpha value is -2.36. The summed E-state index contributed by atoms with van der Waals surface area (Å²) in [6.07, 6.45) is 8.73. The Bertz CT molecular complexity index is 818. The molecular formula is C19H21N3O. The summed E-state index contributed by atoms with van der Waals surface area (Å²) in [5.74, 6) is 1.34. The van der Waals surface area contributed by atoms with Gasteiger partial charge < -0.3 is 9.67 Å². The van der Waals surface area contributed by atoms with Crippen molar-refractivity contribution >= 4 is 11.2 Å². The maximum absolute atomic E-state index is 10.1. The molecule has 0 bridgehead atoms. The van der Waals surface area contributed by atoms with Crippen molar-refractivity contribution in [3.8, 4) is 5.75 Å². The van der Waals surface area contributed by atoms with Crippen molar-refractivity contribution in [2.45, 2.75) is 44.6 Å². The Balaban J connectivity index is 1.80. The molecule has 2 aromatic heterocycles. The number of hydrogen-bond acceptors (Lipinski definition) is 3. The third kappa shape index (κ3) is 2.69. The van der Waals surface area contributed by atoms with Crippen LogP contribution in [0.25, 0.3) is 11.2 Å². The van der Waals surface area contributed by atoms with Gasteiger partial charge in [-0.25, -0.2) is 9.97 Å². The minimum atomic E-state index is 0.336. The normalized spacial score (nSPS) is 16.0. The average Bonchev–Trinajstić information content (AvgIpc) is 2.95. The second-order valence-electron chi connectivity index (χ2n) is 6.34. The first-order valence-electron chi connectivity index (χ1n) is 8.41. The van der Waals surface area contributed by atoms with Crippen LogP contribution in [-0.4, -0.2) is 19.6 Å². The van der Waals surface area contributed by atoms with Crippen molar-refractivity contribution in [1.82, 2.24) is 14.5 Å². The molecule has 4 nitrogen and oxygen atoms in total. The Morgan fingerprint density at radius 1 is 1.04 bits per heavy atom. The summed E-state index contributed by atoms with van der Waals surface area (Å²) in [7, 11) is 0. The number of aromatic nitrogens is 3. The number of benzene rings is 1. The number of pyridine rings is 1. The van der Waals surface area contributed by atoms with Gasteiger partial charge in [0.2, 0.25) is 0 Å². The van der Waals surface area contributed by atoms with Gasteiger partial charge in [-0.3, -0.25) is 0 Å². The summed E-state index contributed by atoms with van der Waals surface area (Å²) >= 11 is 0. The van der Waals surface area contributed by atoms with E-state index in [1.807, 2.05) is 36.5 Å². The van der Waals surface area contributed by atoms with E-state index in [4.69, 9.17) is 4.98 Å². The highest BCUT2D eigenvalue weighted by Gasteiger charge is 2.22. The highest BCUT2D eigenvalue weighted by Crippen LogP contribution is 2.33. The van der Waals surface area contributed by atoms with Gasteiger partial charge in [0.05, 0.1) is 0 Å². The molecule has 118 valence electrons. The Labute approximate surface area is 135 Å². The molecule has 4 heteroatoms. The molecule has 23 heavy (non-hydrogen) atoms. The molecular weight excluding hydrogens is 286 g/mol. The van der Waals surface area contributed by atoms with E-state index in [0.29, 0.717) is 18.2 Å². The summed E-state index contributed by atoms with van der Waals surface area (Å²) in [5.41, 5.74) is 2.84. The molecule has 1 N–H and O–H groups in total. The number of hydrogen-bond donors (Lipinski definition) is 1. The van der Waals surface area contributed by atoms with Gasteiger partial charge in [-0.1, -0.05) is 37.5 Å². The predicted molar refractivity (Wildman–Crippen MR) is 90.6 cm³/mol. The number of nitrogens with zero attached hydrogens (tertiary/aromatic N) is 3. The molecule has 2 heterocycles. The lowest BCUT2D eigenvalue weighted by Crippen LogP contribution is -2.16. The van der Waals surface area contributed by atoms with Gasteiger partial charge in [-0.05, 0) is 31.0 Å². The fraction of sp³-hybridized carbons (Fsp3) is 0.368. The molecule has 0 aliphatic heterocycles. The maximum Gasteiger partial charge on any atom is 0.160 e. The van der Waals surface area contributed by atoms with Gasteiger partial charge in [-0.2, -0.15) is 0 Å². The number of rotatable bonds is 3. The molecule has 0 spiro atoms. The highest BCUT2D eigenvalue weighted by atomic mass is 16.3. The standard InChI is InChI=1S/C19H21N3O/c23-17-11-5-4-7-14(17)13-18-21-16-10-6-12-20-19(16)22(18)15-8-2-1-3-9-15/h4-7,10-12,15,23H,1-3,8-9,13H2. The molecule has 0 unspecified atom stereocenters. The molecule has 0 atom stereocenters. The van der Waals surface area contributed by atoms with E-state index in [1.165, 1.54) is 32.1 Å². The van der Waals surface area contributed by atoms with Crippen LogP contribution >= 0.6 is 0 Å². The van der Waals surface area contributed by atoms with Gasteiger partial charge in [-0.15, -0.1) is 0 Å². The monoisotopic (exact) mass is 307 g/mol. The third-order valence-electron chi connectivity index (χ3n) is 4.80. The molecule has 0 amide bonds. The molecule has 1 aliphatic rings. The third-order valence-corrected chi connectivity index (χ3v) is 4.80. The van der Waals surface area contributed by atoms with E-state index in [0.717, 1.165) is 22.6 Å². The zero-order chi connectivity index (χ0) is 15.6. The van der Waals surface area contributed by atoms with E-state index in [-0.39, 0.29) is 0 Å². The quantitative estimate of drug-likeness (QED) is 0.787. The summed E-state index contributed by atoms with van der Waals surface area (Å²) < 4.78 is 2.32. The molecule has 4 rings (SSSR count). The van der Waals surface area contributed by atoms with Crippen molar-refractivity contribution in [1.29, 1.82) is 0 Å². The van der Waals surface area contributed by atoms with Gasteiger partial charge >= 0.3 is 0 Å². The lowest BCUT2D eigenvalue weighted by atomic mass is 9.95. The minimum Gasteiger partial charge on any atom is -0.508 e. The van der Waals surface area contributed by atoms with Crippen molar-refractivity contribution in [3.63, 3.8) is 0 Å². The average molecular weight is 307 g/mol. The summed E-state index contributed by atoms with van der Waals surface area (Å²) in [6.45, 7) is 0. The number of imidazole rings is 1. The van der Waals surface area contributed by atoms with Crippen LogP contribution in [0.3, 0.4) is 0 Å². The van der Waals surface area contributed by atoms with Crippen LogP contribution < -0.4 is 0 Å². The van der Waals surface area contributed by atoms with Crippen molar-refractivity contribution in [3.05, 3.63) is 54.0 Å². The van der Waals surface area contributed by atoms with Gasteiger partial charge in [0, 0.05) is 24.2 Å². The molecule has 1 saturated carbocycles. The van der Waals surface area contributed by atoms with Crippen molar-refractivity contribution in [2.24, 2.45) is 0 Å². The van der Waals surface area contributed by atoms with Crippen LogP contribution in [0.4, 0.5) is 0 Å². The second kappa shape index (κ2) is 6.03. The minimum absolute atomic E-state index is 0.336. The lowest BCUT2D eigenvalue weighted by Gasteiger charge is -2.25. The highest BCUT2D eigenvalue weighted by molar-refractivity contribution is 5.71. The van der Waals surface area contributed by atoms with Crippen molar-refractivity contribution in [2.75, 3.05) is 0 Å². The van der Waals surface area contributed by atoms with Crippen LogP contribution in [0.2, 0.25) is 0 Å². The van der Waals surface area contributed by atoms with Gasteiger partial charge in [0.1, 0.15) is 17.1 Å². The molecule has 3 aromatic rings. The summed E-state index contributed by atoms with van der Waals surface area (Å²) in [6, 6.07) is 11.9. The second-order valence-corrected chi connectivity index (χ2v) is 6.34. The topological polar surface area (TPSA) is 50.9 Å². The van der Waals surface area contributed by atoms with E-state index in [9.17, 15) is 5.11 Å².